The Morgan fingerprint density at radius 2 is 0.667 bits per heavy atom. The SMILES string of the molecule is CCCCCCC/C=C\C/C=C\C/C=C\CCCCCCCCCCCCCCCCCCCCC(=O)OC(COC(=O)CCCCCCCCCCCCCCCCCCCCCCCCCC)COP(=O)(O)OCC[N+](C)(C)C. The van der Waals surface area contributed by atoms with Crippen LogP contribution in [-0.2, 0) is 32.7 Å². The summed E-state index contributed by atoms with van der Waals surface area (Å²) in [5.74, 6) is -0.775. The molecule has 2 unspecified atom stereocenters. The van der Waals surface area contributed by atoms with Crippen LogP contribution < -0.4 is 0 Å². The molecule has 0 aromatic carbocycles. The Labute approximate surface area is 503 Å². The second-order valence-corrected chi connectivity index (χ2v) is 26.7. The van der Waals surface area contributed by atoms with Gasteiger partial charge in [-0.1, -0.05) is 326 Å². The Hall–Kier alpha value is -1.77. The number of ether oxygens (including phenoxy) is 2. The van der Waals surface area contributed by atoms with E-state index in [4.69, 9.17) is 18.5 Å². The van der Waals surface area contributed by atoms with E-state index < -0.39 is 26.5 Å². The number of phosphoric ester groups is 1. The number of allylic oxidation sites excluding steroid dienone is 6. The van der Waals surface area contributed by atoms with E-state index in [1.54, 1.807) is 0 Å². The van der Waals surface area contributed by atoms with Gasteiger partial charge in [0.1, 0.15) is 19.8 Å². The highest BCUT2D eigenvalue weighted by Crippen LogP contribution is 2.43. The standard InChI is InChI=1S/C71H136NO8P/c1-6-8-10-12-14-16-18-20-22-24-26-28-30-32-33-34-35-36-37-38-39-40-42-44-46-48-50-52-54-56-58-60-62-64-71(74)80-69(68-79-81(75,76)78-66-65-72(3,4)5)67-77-70(73)63-61-59-57-55-53-51-49-47-45-43-41-31-29-27-25-23-21-19-17-15-13-11-9-7-2/h18,20,24,26,30,32,69H,6-17,19,21-23,25,27-29,31,33-68H2,1-5H3/p+1/b20-18-,26-24-,32-30-. The fraction of sp³-hybridized carbons (Fsp3) is 0.887. The molecule has 478 valence electrons. The van der Waals surface area contributed by atoms with E-state index in [1.807, 2.05) is 21.1 Å². The Kier molecular flexibility index (Phi) is 61.4. The second-order valence-electron chi connectivity index (χ2n) is 25.3. The molecule has 0 heterocycles. The minimum atomic E-state index is -4.39. The van der Waals surface area contributed by atoms with Crippen molar-refractivity contribution < 1.29 is 42.1 Å². The number of esters is 2. The van der Waals surface area contributed by atoms with Crippen molar-refractivity contribution in [2.45, 2.75) is 360 Å². The van der Waals surface area contributed by atoms with Crippen molar-refractivity contribution in [2.24, 2.45) is 0 Å². The van der Waals surface area contributed by atoms with Crippen LogP contribution in [0.5, 0.6) is 0 Å². The van der Waals surface area contributed by atoms with Crippen LogP contribution in [0.15, 0.2) is 36.5 Å². The number of hydrogen-bond donors (Lipinski definition) is 1. The number of nitrogens with zero attached hydrogens (tertiary/aromatic N) is 1. The molecule has 0 aliphatic carbocycles. The van der Waals surface area contributed by atoms with E-state index in [-0.39, 0.29) is 25.6 Å². The second kappa shape index (κ2) is 62.8. The lowest BCUT2D eigenvalue weighted by Gasteiger charge is -2.24. The van der Waals surface area contributed by atoms with Gasteiger partial charge in [0.25, 0.3) is 0 Å². The maximum Gasteiger partial charge on any atom is 0.472 e. The lowest BCUT2D eigenvalue weighted by Crippen LogP contribution is -2.37. The Morgan fingerprint density at radius 1 is 0.383 bits per heavy atom. The Morgan fingerprint density at radius 3 is 0.988 bits per heavy atom. The molecule has 0 amide bonds. The van der Waals surface area contributed by atoms with Gasteiger partial charge < -0.3 is 18.9 Å². The van der Waals surface area contributed by atoms with Gasteiger partial charge >= 0.3 is 19.8 Å². The summed E-state index contributed by atoms with van der Waals surface area (Å²) in [7, 11) is 1.50. The summed E-state index contributed by atoms with van der Waals surface area (Å²) in [6.45, 7) is 4.49. The molecule has 0 aliphatic heterocycles. The molecule has 81 heavy (non-hydrogen) atoms. The molecule has 0 saturated carbocycles. The first-order chi connectivity index (χ1) is 39.5. The number of phosphoric acid groups is 1. The third kappa shape index (κ3) is 67.2. The van der Waals surface area contributed by atoms with Crippen molar-refractivity contribution >= 4 is 19.8 Å². The summed E-state index contributed by atoms with van der Waals surface area (Å²) in [5.41, 5.74) is 0. The fourth-order valence-corrected chi connectivity index (χ4v) is 11.2. The van der Waals surface area contributed by atoms with Crippen LogP contribution in [-0.4, -0.2) is 74.9 Å². The fourth-order valence-electron chi connectivity index (χ4n) is 10.5. The number of quaternary nitrogens is 1. The average molecular weight is 1160 g/mol. The summed E-state index contributed by atoms with van der Waals surface area (Å²) in [6.07, 6.45) is 79.7. The highest BCUT2D eigenvalue weighted by molar-refractivity contribution is 7.47. The van der Waals surface area contributed by atoms with Gasteiger partial charge in [0.2, 0.25) is 0 Å². The van der Waals surface area contributed by atoms with Gasteiger partial charge in [-0.05, 0) is 51.4 Å². The minimum Gasteiger partial charge on any atom is -0.462 e. The maximum atomic E-state index is 12.9. The van der Waals surface area contributed by atoms with E-state index >= 15 is 0 Å². The zero-order chi connectivity index (χ0) is 59.1. The first-order valence-corrected chi connectivity index (χ1v) is 36.7. The molecule has 2 atom stereocenters. The Bertz CT molecular complexity index is 1460. The third-order valence-corrected chi connectivity index (χ3v) is 16.9. The van der Waals surface area contributed by atoms with E-state index in [2.05, 4.69) is 50.3 Å². The van der Waals surface area contributed by atoms with Crippen molar-refractivity contribution in [1.82, 2.24) is 0 Å². The van der Waals surface area contributed by atoms with Gasteiger partial charge in [-0.25, -0.2) is 4.57 Å². The monoisotopic (exact) mass is 1160 g/mol. The molecule has 0 saturated heterocycles. The maximum absolute atomic E-state index is 12.9. The van der Waals surface area contributed by atoms with E-state index in [0.717, 1.165) is 44.9 Å². The summed E-state index contributed by atoms with van der Waals surface area (Å²) >= 11 is 0. The molecule has 0 aromatic rings. The van der Waals surface area contributed by atoms with Crippen LogP contribution >= 0.6 is 7.82 Å². The summed E-state index contributed by atoms with van der Waals surface area (Å²) in [4.78, 5) is 35.9. The van der Waals surface area contributed by atoms with E-state index in [0.29, 0.717) is 23.9 Å². The zero-order valence-electron chi connectivity index (χ0n) is 54.5. The lowest BCUT2D eigenvalue weighted by molar-refractivity contribution is -0.870. The number of rotatable bonds is 66. The molecule has 0 bridgehead atoms. The van der Waals surface area contributed by atoms with Crippen molar-refractivity contribution in [3.63, 3.8) is 0 Å². The van der Waals surface area contributed by atoms with Gasteiger partial charge in [-0.15, -0.1) is 0 Å². The molecule has 0 aliphatic rings. The highest BCUT2D eigenvalue weighted by atomic mass is 31.2. The van der Waals surface area contributed by atoms with Crippen LogP contribution in [0.4, 0.5) is 0 Å². The molecule has 10 heteroatoms. The van der Waals surface area contributed by atoms with Crippen LogP contribution in [0.2, 0.25) is 0 Å². The molecule has 0 spiro atoms. The van der Waals surface area contributed by atoms with Crippen molar-refractivity contribution in [1.29, 1.82) is 0 Å². The first kappa shape index (κ1) is 79.2. The molecular weight excluding hydrogens is 1030 g/mol. The highest BCUT2D eigenvalue weighted by Gasteiger charge is 2.27. The van der Waals surface area contributed by atoms with Gasteiger partial charge in [0.05, 0.1) is 27.7 Å². The number of carbonyl (C=O) groups is 2. The Balaban J connectivity index is 3.99. The molecule has 0 fully saturated rings. The smallest absolute Gasteiger partial charge is 0.462 e. The molecule has 0 rings (SSSR count). The predicted octanol–water partition coefficient (Wildman–Crippen LogP) is 22.7. The topological polar surface area (TPSA) is 108 Å². The number of unbranched alkanes of at least 4 members (excludes halogenated alkanes) is 46. The third-order valence-electron chi connectivity index (χ3n) is 15.9. The normalized spacial score (nSPS) is 13.3. The largest absolute Gasteiger partial charge is 0.472 e. The number of likely N-dealkylation sites (N-methyl/N-ethyl adjacent to an activating group) is 1. The van der Waals surface area contributed by atoms with Gasteiger partial charge in [0, 0.05) is 12.8 Å². The quantitative estimate of drug-likeness (QED) is 0.0211. The van der Waals surface area contributed by atoms with E-state index in [1.165, 1.54) is 276 Å². The molecule has 0 aromatic heterocycles. The van der Waals surface area contributed by atoms with Crippen LogP contribution in [0, 0.1) is 0 Å². The molecule has 0 radical (unpaired) electrons. The molecule has 9 nitrogen and oxygen atoms in total. The number of hydrogen-bond acceptors (Lipinski definition) is 7. The van der Waals surface area contributed by atoms with Crippen LogP contribution in [0.1, 0.15) is 354 Å². The van der Waals surface area contributed by atoms with Crippen molar-refractivity contribution in [2.75, 3.05) is 47.5 Å². The van der Waals surface area contributed by atoms with Gasteiger partial charge in [-0.2, -0.15) is 0 Å². The van der Waals surface area contributed by atoms with E-state index in [9.17, 15) is 19.0 Å². The van der Waals surface area contributed by atoms with Crippen LogP contribution in [0.3, 0.4) is 0 Å². The predicted molar refractivity (Wildman–Crippen MR) is 349 cm³/mol. The minimum absolute atomic E-state index is 0.0348. The van der Waals surface area contributed by atoms with Crippen molar-refractivity contribution in [3.8, 4) is 0 Å². The summed E-state index contributed by atoms with van der Waals surface area (Å²) in [6, 6.07) is 0. The van der Waals surface area contributed by atoms with Gasteiger partial charge in [0.15, 0.2) is 6.10 Å². The molecule has 1 N–H and O–H groups in total. The summed E-state index contributed by atoms with van der Waals surface area (Å²) < 4.78 is 34.7. The average Bonchev–Trinajstić information content (AvgIpc) is 3.43. The zero-order valence-corrected chi connectivity index (χ0v) is 55.4. The van der Waals surface area contributed by atoms with Gasteiger partial charge in [-0.3, -0.25) is 18.6 Å². The summed E-state index contributed by atoms with van der Waals surface area (Å²) in [5, 5.41) is 0. The van der Waals surface area contributed by atoms with Crippen molar-refractivity contribution in [3.05, 3.63) is 36.5 Å². The molecular formula is C71H137NO8P+. The van der Waals surface area contributed by atoms with Crippen LogP contribution in [0.25, 0.3) is 0 Å². The lowest BCUT2D eigenvalue weighted by atomic mass is 10.0. The number of carbonyl (C=O) groups excluding carboxylic acids is 2. The first-order valence-electron chi connectivity index (χ1n) is 35.2.